The van der Waals surface area contributed by atoms with Crippen LogP contribution in [0.15, 0.2) is 65.7 Å². The maximum atomic E-state index is 12.6. The summed E-state index contributed by atoms with van der Waals surface area (Å²) in [4.78, 5) is 27.9. The maximum absolute atomic E-state index is 12.6. The van der Waals surface area contributed by atoms with E-state index in [-0.39, 0.29) is 18.4 Å². The zero-order valence-corrected chi connectivity index (χ0v) is 17.3. The van der Waals surface area contributed by atoms with Crippen LogP contribution in [0.3, 0.4) is 0 Å². The van der Waals surface area contributed by atoms with Gasteiger partial charge in [-0.1, -0.05) is 40.2 Å². The summed E-state index contributed by atoms with van der Waals surface area (Å²) in [6.45, 7) is 1.90. The van der Waals surface area contributed by atoms with Crippen LogP contribution < -0.4 is 16.4 Å². The Bertz CT molecular complexity index is 975. The van der Waals surface area contributed by atoms with Crippen molar-refractivity contribution in [3.63, 3.8) is 0 Å². The molecule has 8 nitrogen and oxygen atoms in total. The van der Waals surface area contributed by atoms with Crippen molar-refractivity contribution < 1.29 is 9.59 Å². The van der Waals surface area contributed by atoms with E-state index in [1.807, 2.05) is 55.5 Å². The van der Waals surface area contributed by atoms with Crippen molar-refractivity contribution in [1.29, 1.82) is 0 Å². The Hall–Kier alpha value is -3.20. The third kappa shape index (κ3) is 5.64. The van der Waals surface area contributed by atoms with Gasteiger partial charge in [-0.2, -0.15) is 5.10 Å². The van der Waals surface area contributed by atoms with Gasteiger partial charge in [-0.05, 0) is 42.3 Å². The van der Waals surface area contributed by atoms with E-state index in [2.05, 4.69) is 36.6 Å². The molecule has 0 spiro atoms. The number of nitrogens with one attached hydrogen (secondary N) is 2. The summed E-state index contributed by atoms with van der Waals surface area (Å²) in [5.74, 6) is -0.198. The minimum absolute atomic E-state index is 0.0702. The second-order valence-corrected chi connectivity index (χ2v) is 7.46. The van der Waals surface area contributed by atoms with Crippen molar-refractivity contribution in [2.45, 2.75) is 25.4 Å². The van der Waals surface area contributed by atoms with Crippen LogP contribution in [0.4, 0.5) is 4.79 Å². The summed E-state index contributed by atoms with van der Waals surface area (Å²) in [7, 11) is 0. The van der Waals surface area contributed by atoms with Crippen LogP contribution >= 0.6 is 15.9 Å². The Morgan fingerprint density at radius 3 is 2.52 bits per heavy atom. The molecule has 1 aromatic heterocycles. The van der Waals surface area contributed by atoms with Crippen LogP contribution in [-0.4, -0.2) is 26.7 Å². The van der Waals surface area contributed by atoms with E-state index < -0.39 is 12.1 Å². The molecule has 0 fully saturated rings. The highest BCUT2D eigenvalue weighted by molar-refractivity contribution is 9.10. The first kappa shape index (κ1) is 20.5. The van der Waals surface area contributed by atoms with Crippen molar-refractivity contribution >= 4 is 27.9 Å². The lowest BCUT2D eigenvalue weighted by molar-refractivity contribution is -0.122. The van der Waals surface area contributed by atoms with Gasteiger partial charge in [0, 0.05) is 4.47 Å². The van der Waals surface area contributed by atoms with E-state index in [1.165, 1.54) is 6.33 Å². The van der Waals surface area contributed by atoms with Crippen molar-refractivity contribution in [1.82, 2.24) is 25.4 Å². The fourth-order valence-corrected chi connectivity index (χ4v) is 3.39. The summed E-state index contributed by atoms with van der Waals surface area (Å²) in [6.07, 6.45) is 3.16. The first-order chi connectivity index (χ1) is 13.9. The SMILES string of the molecule is C[C@H](NC(=O)C[C@H](NC(N)=O)c1cccc(Br)c1)c1ccc(-n2cncn2)cc1. The number of aromatic nitrogens is 3. The number of hydrogen-bond donors (Lipinski definition) is 3. The number of primary amides is 1. The van der Waals surface area contributed by atoms with Gasteiger partial charge in [-0.3, -0.25) is 4.79 Å². The molecule has 0 saturated carbocycles. The van der Waals surface area contributed by atoms with Gasteiger partial charge in [0.1, 0.15) is 12.7 Å². The predicted octanol–water partition coefficient (Wildman–Crippen LogP) is 3.01. The molecule has 3 aromatic rings. The highest BCUT2D eigenvalue weighted by Gasteiger charge is 2.19. The third-order valence-electron chi connectivity index (χ3n) is 4.41. The molecule has 2 atom stereocenters. The fraction of sp³-hybridized carbons (Fsp3) is 0.200. The highest BCUT2D eigenvalue weighted by Crippen LogP contribution is 2.22. The quantitative estimate of drug-likeness (QED) is 0.506. The van der Waals surface area contributed by atoms with Crippen LogP contribution in [-0.2, 0) is 4.79 Å². The number of rotatable bonds is 7. The van der Waals surface area contributed by atoms with Crippen molar-refractivity contribution in [3.05, 3.63) is 76.8 Å². The number of carbonyl (C=O) groups excluding carboxylic acids is 2. The first-order valence-corrected chi connectivity index (χ1v) is 9.77. The minimum Gasteiger partial charge on any atom is -0.352 e. The third-order valence-corrected chi connectivity index (χ3v) is 4.90. The van der Waals surface area contributed by atoms with Gasteiger partial charge in [0.15, 0.2) is 0 Å². The second kappa shape index (κ2) is 9.33. The Labute approximate surface area is 176 Å². The van der Waals surface area contributed by atoms with E-state index in [0.29, 0.717) is 0 Å². The van der Waals surface area contributed by atoms with Crippen LogP contribution in [0.2, 0.25) is 0 Å². The molecule has 3 amide bonds. The molecule has 0 aliphatic rings. The number of urea groups is 1. The summed E-state index contributed by atoms with van der Waals surface area (Å²) in [5, 5.41) is 9.68. The van der Waals surface area contributed by atoms with Crippen molar-refractivity contribution in [2.24, 2.45) is 5.73 Å². The first-order valence-electron chi connectivity index (χ1n) is 8.98. The average Bonchev–Trinajstić information content (AvgIpc) is 3.22. The molecule has 4 N–H and O–H groups in total. The summed E-state index contributed by atoms with van der Waals surface area (Å²) >= 11 is 3.40. The van der Waals surface area contributed by atoms with Gasteiger partial charge in [-0.15, -0.1) is 0 Å². The van der Waals surface area contributed by atoms with Gasteiger partial charge in [0.25, 0.3) is 0 Å². The molecule has 0 saturated heterocycles. The molecule has 3 rings (SSSR count). The molecule has 0 aliphatic carbocycles. The van der Waals surface area contributed by atoms with Crippen LogP contribution in [0.5, 0.6) is 0 Å². The lowest BCUT2D eigenvalue weighted by Gasteiger charge is -2.20. The molecule has 0 unspecified atom stereocenters. The van der Waals surface area contributed by atoms with E-state index in [9.17, 15) is 9.59 Å². The number of nitrogens with zero attached hydrogens (tertiary/aromatic N) is 3. The van der Waals surface area contributed by atoms with Crippen LogP contribution in [0.1, 0.15) is 36.6 Å². The van der Waals surface area contributed by atoms with E-state index >= 15 is 0 Å². The second-order valence-electron chi connectivity index (χ2n) is 6.54. The number of amides is 3. The Morgan fingerprint density at radius 2 is 1.90 bits per heavy atom. The minimum atomic E-state index is -0.681. The predicted molar refractivity (Wildman–Crippen MR) is 112 cm³/mol. The number of nitrogens with two attached hydrogens (primary N) is 1. The molecule has 0 bridgehead atoms. The molecule has 29 heavy (non-hydrogen) atoms. The molecule has 150 valence electrons. The van der Waals surface area contributed by atoms with E-state index in [0.717, 1.165) is 21.3 Å². The highest BCUT2D eigenvalue weighted by atomic mass is 79.9. The summed E-state index contributed by atoms with van der Waals surface area (Å²) in [5.41, 5.74) is 7.90. The largest absolute Gasteiger partial charge is 0.352 e. The van der Waals surface area contributed by atoms with Gasteiger partial charge in [0.2, 0.25) is 5.91 Å². The summed E-state index contributed by atoms with van der Waals surface area (Å²) < 4.78 is 2.51. The van der Waals surface area contributed by atoms with Gasteiger partial charge < -0.3 is 16.4 Å². The molecular weight excluding hydrogens is 436 g/mol. The monoisotopic (exact) mass is 456 g/mol. The zero-order valence-electron chi connectivity index (χ0n) is 15.7. The Kier molecular flexibility index (Phi) is 6.61. The normalized spacial score (nSPS) is 12.8. The zero-order chi connectivity index (χ0) is 20.8. The Balaban J connectivity index is 1.65. The lowest BCUT2D eigenvalue weighted by atomic mass is 10.0. The van der Waals surface area contributed by atoms with E-state index in [4.69, 9.17) is 5.73 Å². The van der Waals surface area contributed by atoms with Gasteiger partial charge in [-0.25, -0.2) is 14.5 Å². The number of halogens is 1. The molecule has 2 aromatic carbocycles. The molecule has 9 heteroatoms. The van der Waals surface area contributed by atoms with Crippen molar-refractivity contribution in [2.75, 3.05) is 0 Å². The van der Waals surface area contributed by atoms with Crippen LogP contribution in [0.25, 0.3) is 5.69 Å². The summed E-state index contributed by atoms with van der Waals surface area (Å²) in [6, 6.07) is 13.7. The molecule has 0 radical (unpaired) electrons. The number of hydrogen-bond acceptors (Lipinski definition) is 4. The number of carbonyl (C=O) groups is 2. The standard InChI is InChI=1S/C20H21BrN6O2/c1-13(14-5-7-17(8-6-14)27-12-23-11-24-27)25-19(28)10-18(26-20(22)29)15-3-2-4-16(21)9-15/h2-9,11-13,18H,10H2,1H3,(H,25,28)(H3,22,26,29)/t13-,18-/m0/s1. The molecule has 1 heterocycles. The lowest BCUT2D eigenvalue weighted by Crippen LogP contribution is -2.37. The van der Waals surface area contributed by atoms with E-state index in [1.54, 1.807) is 11.0 Å². The average molecular weight is 457 g/mol. The van der Waals surface area contributed by atoms with Crippen LogP contribution in [0, 0.1) is 0 Å². The fourth-order valence-electron chi connectivity index (χ4n) is 2.97. The van der Waals surface area contributed by atoms with Crippen molar-refractivity contribution in [3.8, 4) is 5.69 Å². The number of benzene rings is 2. The smallest absolute Gasteiger partial charge is 0.312 e. The van der Waals surface area contributed by atoms with Gasteiger partial charge >= 0.3 is 6.03 Å². The molecular formula is C20H21BrN6O2. The molecule has 0 aliphatic heterocycles. The maximum Gasteiger partial charge on any atom is 0.312 e. The topological polar surface area (TPSA) is 115 Å². The Morgan fingerprint density at radius 1 is 1.14 bits per heavy atom. The van der Waals surface area contributed by atoms with Gasteiger partial charge in [0.05, 0.1) is 24.2 Å².